The van der Waals surface area contributed by atoms with E-state index in [1.165, 1.54) is 19.4 Å². The Bertz CT molecular complexity index is 1040. The number of aliphatic hydroxyl groups is 1. The minimum atomic E-state index is -0.767. The molecule has 1 aromatic heterocycles. The summed E-state index contributed by atoms with van der Waals surface area (Å²) in [6.45, 7) is 3.86. The molecule has 0 aliphatic heterocycles. The molecule has 0 spiro atoms. The van der Waals surface area contributed by atoms with Crippen molar-refractivity contribution in [1.82, 2.24) is 14.5 Å². The van der Waals surface area contributed by atoms with Crippen LogP contribution in [0.25, 0.3) is 0 Å². The smallest absolute Gasteiger partial charge is 0.349 e. The number of hydrogen-bond acceptors (Lipinski definition) is 8. The number of rotatable bonds is 9. The Kier molecular flexibility index (Phi) is 8.69. The number of aromatic nitrogens is 2. The molecule has 11 heteroatoms. The number of benzene rings is 1. The van der Waals surface area contributed by atoms with Crippen molar-refractivity contribution in [2.24, 2.45) is 0 Å². The molecule has 0 fully saturated rings. The maximum absolute atomic E-state index is 12.6. The van der Waals surface area contributed by atoms with Crippen molar-refractivity contribution in [2.75, 3.05) is 32.1 Å². The molecule has 0 atom stereocenters. The molecule has 2 N–H and O–H groups in total. The van der Waals surface area contributed by atoms with Crippen LogP contribution >= 0.6 is 0 Å². The monoisotopic (exact) mass is 460 g/mol. The topological polar surface area (TPSA) is 140 Å². The second kappa shape index (κ2) is 11.2. The Morgan fingerprint density at radius 3 is 2.36 bits per heavy atom. The fourth-order valence-corrected chi connectivity index (χ4v) is 2.74. The van der Waals surface area contributed by atoms with E-state index in [-0.39, 0.29) is 25.5 Å². The number of carbonyl (C=O) groups is 3. The van der Waals surface area contributed by atoms with E-state index in [2.05, 4.69) is 10.3 Å². The molecular formula is C22H28N4O7. The van der Waals surface area contributed by atoms with Gasteiger partial charge >= 0.3 is 11.7 Å². The van der Waals surface area contributed by atoms with Crippen molar-refractivity contribution in [1.29, 1.82) is 0 Å². The summed E-state index contributed by atoms with van der Waals surface area (Å²) in [5.74, 6) is -1.06. The number of esters is 1. The van der Waals surface area contributed by atoms with Crippen molar-refractivity contribution in [2.45, 2.75) is 32.9 Å². The van der Waals surface area contributed by atoms with Crippen LogP contribution in [0.3, 0.4) is 0 Å². The summed E-state index contributed by atoms with van der Waals surface area (Å²) < 4.78 is 11.3. The molecule has 178 valence electrons. The number of ether oxygens (including phenoxy) is 2. The maximum atomic E-state index is 12.6. The van der Waals surface area contributed by atoms with Gasteiger partial charge in [-0.1, -0.05) is 0 Å². The van der Waals surface area contributed by atoms with Crippen LogP contribution in [0.5, 0.6) is 5.75 Å². The van der Waals surface area contributed by atoms with Crippen LogP contribution in [-0.4, -0.2) is 69.7 Å². The highest BCUT2D eigenvalue weighted by Crippen LogP contribution is 2.12. The minimum Gasteiger partial charge on any atom is -0.497 e. The zero-order valence-corrected chi connectivity index (χ0v) is 19.0. The first-order valence-electron chi connectivity index (χ1n) is 10.2. The fraction of sp³-hybridized carbons (Fsp3) is 0.409. The molecule has 2 rings (SSSR count). The van der Waals surface area contributed by atoms with Crippen molar-refractivity contribution >= 4 is 23.6 Å². The number of methoxy groups -OCH3 is 1. The molecule has 33 heavy (non-hydrogen) atoms. The van der Waals surface area contributed by atoms with Crippen LogP contribution < -0.4 is 15.7 Å². The molecule has 11 nitrogen and oxygen atoms in total. The van der Waals surface area contributed by atoms with Gasteiger partial charge in [0.2, 0.25) is 5.91 Å². The van der Waals surface area contributed by atoms with Gasteiger partial charge in [0.15, 0.2) is 0 Å². The minimum absolute atomic E-state index is 0.0190. The van der Waals surface area contributed by atoms with Crippen LogP contribution in [0.15, 0.2) is 41.3 Å². The van der Waals surface area contributed by atoms with Gasteiger partial charge in [-0.3, -0.25) is 19.0 Å². The van der Waals surface area contributed by atoms with Crippen molar-refractivity contribution in [3.05, 3.63) is 52.6 Å². The van der Waals surface area contributed by atoms with E-state index >= 15 is 0 Å². The highest BCUT2D eigenvalue weighted by Gasteiger charge is 2.22. The quantitative estimate of drug-likeness (QED) is 0.520. The first kappa shape index (κ1) is 25.5. The van der Waals surface area contributed by atoms with Gasteiger partial charge < -0.3 is 24.8 Å². The number of amides is 2. The Labute approximate surface area is 190 Å². The number of carbonyl (C=O) groups excluding carboxylic acids is 3. The van der Waals surface area contributed by atoms with E-state index in [1.807, 2.05) is 0 Å². The maximum Gasteiger partial charge on any atom is 0.349 e. The van der Waals surface area contributed by atoms with Crippen LogP contribution in [-0.2, 0) is 20.9 Å². The number of nitrogens with one attached hydrogen (secondary N) is 1. The predicted octanol–water partition coefficient (Wildman–Crippen LogP) is 0.667. The second-order valence-corrected chi connectivity index (χ2v) is 8.03. The number of nitrogens with zero attached hydrogens (tertiary/aromatic N) is 3. The van der Waals surface area contributed by atoms with Crippen LogP contribution in [0.4, 0.5) is 5.82 Å². The van der Waals surface area contributed by atoms with Gasteiger partial charge in [-0.05, 0) is 51.1 Å². The van der Waals surface area contributed by atoms with Crippen molar-refractivity contribution in [3.8, 4) is 5.75 Å². The fourth-order valence-electron chi connectivity index (χ4n) is 2.74. The summed E-state index contributed by atoms with van der Waals surface area (Å²) in [5.41, 5.74) is -1.14. The summed E-state index contributed by atoms with van der Waals surface area (Å²) >= 11 is 0. The van der Waals surface area contributed by atoms with Gasteiger partial charge in [0.25, 0.3) is 5.91 Å². The molecule has 0 bridgehead atoms. The molecule has 1 heterocycles. The molecular weight excluding hydrogens is 432 g/mol. The average molecular weight is 460 g/mol. The third kappa shape index (κ3) is 8.04. The highest BCUT2D eigenvalue weighted by atomic mass is 16.6. The van der Waals surface area contributed by atoms with E-state index in [0.29, 0.717) is 11.3 Å². The Morgan fingerprint density at radius 1 is 1.15 bits per heavy atom. The van der Waals surface area contributed by atoms with Crippen LogP contribution in [0.2, 0.25) is 0 Å². The number of hydrogen-bond donors (Lipinski definition) is 2. The largest absolute Gasteiger partial charge is 0.497 e. The van der Waals surface area contributed by atoms with Crippen molar-refractivity contribution in [3.63, 3.8) is 0 Å². The third-order valence-electron chi connectivity index (χ3n) is 4.24. The molecule has 0 unspecified atom stereocenters. The molecule has 0 saturated heterocycles. The van der Waals surface area contributed by atoms with Gasteiger partial charge in [0.1, 0.15) is 30.3 Å². The summed E-state index contributed by atoms with van der Waals surface area (Å²) in [5, 5.41) is 11.7. The van der Waals surface area contributed by atoms with E-state index < -0.39 is 35.6 Å². The van der Waals surface area contributed by atoms with Crippen molar-refractivity contribution < 1.29 is 29.0 Å². The zero-order valence-electron chi connectivity index (χ0n) is 19.0. The Hall–Kier alpha value is -3.73. The SMILES string of the molecule is COc1ccc(C(=O)Nc2ccn(CC(=O)N(CCO)CC(=O)OC(C)(C)C)c(=O)n2)cc1. The molecule has 1 aromatic carbocycles. The summed E-state index contributed by atoms with van der Waals surface area (Å²) in [7, 11) is 1.51. The van der Waals surface area contributed by atoms with Crippen LogP contribution in [0.1, 0.15) is 31.1 Å². The molecule has 2 aromatic rings. The molecule has 0 aliphatic carbocycles. The number of anilines is 1. The molecule has 0 saturated carbocycles. The summed E-state index contributed by atoms with van der Waals surface area (Å²) in [6, 6.07) is 7.76. The lowest BCUT2D eigenvalue weighted by Crippen LogP contribution is -2.43. The number of aliphatic hydroxyl groups excluding tert-OH is 1. The Balaban J connectivity index is 2.05. The van der Waals surface area contributed by atoms with E-state index in [4.69, 9.17) is 9.47 Å². The first-order chi connectivity index (χ1) is 15.5. The lowest BCUT2D eigenvalue weighted by molar-refractivity contribution is -0.159. The van der Waals surface area contributed by atoms with Gasteiger partial charge in [-0.15, -0.1) is 0 Å². The van der Waals surface area contributed by atoms with Gasteiger partial charge in [0.05, 0.1) is 13.7 Å². The predicted molar refractivity (Wildman–Crippen MR) is 119 cm³/mol. The molecule has 0 radical (unpaired) electrons. The van der Waals surface area contributed by atoms with Crippen LogP contribution in [0, 0.1) is 0 Å². The normalized spacial score (nSPS) is 10.9. The zero-order chi connectivity index (χ0) is 24.6. The van der Waals surface area contributed by atoms with E-state index in [9.17, 15) is 24.3 Å². The third-order valence-corrected chi connectivity index (χ3v) is 4.24. The highest BCUT2D eigenvalue weighted by molar-refractivity contribution is 6.03. The standard InChI is InChI=1S/C22H28N4O7/c1-22(2,3)33-19(29)14-25(11-12-27)18(28)13-26-10-9-17(24-21(26)31)23-20(30)15-5-7-16(32-4)8-6-15/h5-10,27H,11-14H2,1-4H3,(H,23,24,30,31). The summed E-state index contributed by atoms with van der Waals surface area (Å²) in [6.07, 6.45) is 1.31. The summed E-state index contributed by atoms with van der Waals surface area (Å²) in [4.78, 5) is 54.2. The lowest BCUT2D eigenvalue weighted by Gasteiger charge is -2.24. The van der Waals surface area contributed by atoms with E-state index in [1.54, 1.807) is 45.0 Å². The molecule has 2 amide bonds. The van der Waals surface area contributed by atoms with E-state index in [0.717, 1.165) is 9.47 Å². The van der Waals surface area contributed by atoms with Gasteiger partial charge in [-0.2, -0.15) is 4.98 Å². The second-order valence-electron chi connectivity index (χ2n) is 8.03. The van der Waals surface area contributed by atoms with Gasteiger partial charge in [0, 0.05) is 18.3 Å². The average Bonchev–Trinajstić information content (AvgIpc) is 2.74. The molecule has 0 aliphatic rings. The lowest BCUT2D eigenvalue weighted by atomic mass is 10.2. The first-order valence-corrected chi connectivity index (χ1v) is 10.2. The Morgan fingerprint density at radius 2 is 1.82 bits per heavy atom. The van der Waals surface area contributed by atoms with Gasteiger partial charge in [-0.25, -0.2) is 4.79 Å².